The molecule has 0 unspecified atom stereocenters. The predicted octanol–water partition coefficient (Wildman–Crippen LogP) is 11.1. The van der Waals surface area contributed by atoms with Crippen molar-refractivity contribution < 1.29 is 0 Å². The first-order valence-electron chi connectivity index (χ1n) is 13.7. The molecule has 0 aromatic heterocycles. The normalized spacial score (nSPS) is 14.8. The van der Waals surface area contributed by atoms with Crippen LogP contribution < -0.4 is 5.32 Å². The number of allylic oxidation sites excluding steroid dienone is 2. The van der Waals surface area contributed by atoms with Crippen molar-refractivity contribution in [1.29, 1.82) is 0 Å². The molecule has 0 spiro atoms. The van der Waals surface area contributed by atoms with Crippen molar-refractivity contribution in [3.8, 4) is 0 Å². The Morgan fingerprint density at radius 3 is 1.78 bits per heavy atom. The predicted molar refractivity (Wildman–Crippen MR) is 159 cm³/mol. The van der Waals surface area contributed by atoms with E-state index >= 15 is 0 Å². The van der Waals surface area contributed by atoms with Crippen molar-refractivity contribution in [1.82, 2.24) is 0 Å². The van der Waals surface area contributed by atoms with E-state index in [2.05, 4.69) is 121 Å². The number of hydrogen-bond acceptors (Lipinski definition) is 2. The molecule has 1 aliphatic carbocycles. The van der Waals surface area contributed by atoms with Crippen LogP contribution in [0.5, 0.6) is 0 Å². The molecular formula is C31H47N4P. The number of aryl methyl sites for hydroxylation is 2. The van der Waals surface area contributed by atoms with E-state index in [0.717, 1.165) is 29.7 Å². The van der Waals surface area contributed by atoms with Gasteiger partial charge in [-0.25, -0.2) is 0 Å². The van der Waals surface area contributed by atoms with Gasteiger partial charge in [0, 0.05) is 18.4 Å². The van der Waals surface area contributed by atoms with E-state index in [9.17, 15) is 0 Å². The Kier molecular flexibility index (Phi) is 9.39. The van der Waals surface area contributed by atoms with Crippen molar-refractivity contribution in [3.63, 3.8) is 0 Å². The van der Waals surface area contributed by atoms with Crippen LogP contribution in [0, 0.1) is 13.8 Å². The smallest absolute Gasteiger partial charge is 0.0933 e. The molecule has 0 saturated carbocycles. The van der Waals surface area contributed by atoms with Crippen LogP contribution in [0.1, 0.15) is 109 Å². The Hall–Kier alpha value is -2.19. The first-order valence-corrected chi connectivity index (χ1v) is 15.6. The molecule has 0 saturated heterocycles. The van der Waals surface area contributed by atoms with Gasteiger partial charge in [-0.15, -0.1) is 9.97 Å². The van der Waals surface area contributed by atoms with Gasteiger partial charge in [0.2, 0.25) is 0 Å². The van der Waals surface area contributed by atoms with Gasteiger partial charge in [0.05, 0.1) is 5.69 Å². The van der Waals surface area contributed by atoms with Crippen LogP contribution in [0.2, 0.25) is 0 Å². The monoisotopic (exact) mass is 506 g/mol. The highest BCUT2D eigenvalue weighted by Crippen LogP contribution is 2.68. The molecule has 0 heterocycles. The lowest BCUT2D eigenvalue weighted by molar-refractivity contribution is 0.834. The van der Waals surface area contributed by atoms with Gasteiger partial charge in [-0.05, 0) is 89.1 Å². The molecule has 2 aromatic carbocycles. The maximum absolute atomic E-state index is 5.19. The molecule has 0 amide bonds. The van der Waals surface area contributed by atoms with Gasteiger partial charge in [-0.3, -0.25) is 0 Å². The molecule has 3 rings (SSSR count). The second-order valence-electron chi connectivity index (χ2n) is 11.5. The third-order valence-corrected chi connectivity index (χ3v) is 12.5. The molecule has 0 fully saturated rings. The maximum Gasteiger partial charge on any atom is 0.0933 e. The average Bonchev–Trinajstić information content (AvgIpc) is 3.26. The van der Waals surface area contributed by atoms with Gasteiger partial charge in [0.15, 0.2) is 0 Å². The summed E-state index contributed by atoms with van der Waals surface area (Å²) in [5.74, 6) is 0.921. The fraction of sp³-hybridized carbons (Fsp3) is 0.548. The molecule has 0 bridgehead atoms. The summed E-state index contributed by atoms with van der Waals surface area (Å²) in [5, 5.41) is 14.8. The number of benzene rings is 2. The van der Waals surface area contributed by atoms with Gasteiger partial charge < -0.3 is 5.32 Å². The summed E-state index contributed by atoms with van der Waals surface area (Å²) in [4.78, 5) is 5.19. The SMILES string of the molecule is Cc1cccc(C)c1N=NN=P(C1=C(Nc2c(C(C)C)cccc2C(C)C)CCC1)(C(C)C)C(C)C. The number of para-hydroxylation sites is 1. The molecule has 36 heavy (non-hydrogen) atoms. The zero-order chi connectivity index (χ0) is 26.6. The van der Waals surface area contributed by atoms with Crippen molar-refractivity contribution in [3.05, 3.63) is 69.7 Å². The molecule has 5 heteroatoms. The van der Waals surface area contributed by atoms with Crippen LogP contribution in [0.3, 0.4) is 0 Å². The molecule has 0 atom stereocenters. The summed E-state index contributed by atoms with van der Waals surface area (Å²) in [7, 11) is -1.94. The van der Waals surface area contributed by atoms with Crippen molar-refractivity contribution in [2.75, 3.05) is 5.32 Å². The molecule has 196 valence electrons. The maximum atomic E-state index is 5.19. The fourth-order valence-electron chi connectivity index (χ4n) is 5.68. The van der Waals surface area contributed by atoms with Gasteiger partial charge >= 0.3 is 0 Å². The Labute approximate surface area is 220 Å². The second kappa shape index (κ2) is 11.9. The van der Waals surface area contributed by atoms with Crippen LogP contribution in [-0.2, 0) is 0 Å². The van der Waals surface area contributed by atoms with E-state index in [0.29, 0.717) is 23.2 Å². The molecule has 0 aliphatic heterocycles. The zero-order valence-corrected chi connectivity index (χ0v) is 25.1. The van der Waals surface area contributed by atoms with Crippen molar-refractivity contribution in [2.24, 2.45) is 15.2 Å². The Balaban J connectivity index is 2.18. The summed E-state index contributed by atoms with van der Waals surface area (Å²) >= 11 is 0. The van der Waals surface area contributed by atoms with Gasteiger partial charge in [-0.2, -0.15) is 0 Å². The van der Waals surface area contributed by atoms with E-state index in [4.69, 9.17) is 4.85 Å². The molecule has 4 nitrogen and oxygen atoms in total. The van der Waals surface area contributed by atoms with Gasteiger partial charge in [-0.1, -0.05) is 91.8 Å². The van der Waals surface area contributed by atoms with Crippen molar-refractivity contribution >= 4 is 18.4 Å². The standard InChI is InChI=1S/C31H47N4P/c1-20(2)26-16-12-17-27(21(3)4)31(26)32-28-18-13-19-29(28)36(22(5)6,23(7)8)35-34-33-30-24(9)14-11-15-25(30)10/h11-12,14-17,20-23,32H,13,18-19H2,1-10H3. The third kappa shape index (κ3) is 5.70. The van der Waals surface area contributed by atoms with Crippen LogP contribution in [-0.4, -0.2) is 11.3 Å². The average molecular weight is 507 g/mol. The first-order chi connectivity index (χ1) is 17.0. The minimum Gasteiger partial charge on any atom is -0.358 e. The number of nitrogens with zero attached hydrogens (tertiary/aromatic N) is 3. The van der Waals surface area contributed by atoms with E-state index in [1.54, 1.807) is 0 Å². The quantitative estimate of drug-likeness (QED) is 0.205. The van der Waals surface area contributed by atoms with Gasteiger partial charge in [0.25, 0.3) is 0 Å². The molecule has 0 radical (unpaired) electrons. The zero-order valence-electron chi connectivity index (χ0n) is 24.2. The third-order valence-electron chi connectivity index (χ3n) is 7.62. The summed E-state index contributed by atoms with van der Waals surface area (Å²) in [6.45, 7) is 22.7. The van der Waals surface area contributed by atoms with Crippen LogP contribution >= 0.6 is 7.05 Å². The highest BCUT2D eigenvalue weighted by atomic mass is 31.2. The Morgan fingerprint density at radius 1 is 0.750 bits per heavy atom. The molecular weight excluding hydrogens is 459 g/mol. The number of rotatable bonds is 9. The van der Waals surface area contributed by atoms with E-state index in [1.807, 2.05) is 0 Å². The van der Waals surface area contributed by atoms with E-state index < -0.39 is 7.05 Å². The first kappa shape index (κ1) is 28.4. The largest absolute Gasteiger partial charge is 0.358 e. The summed E-state index contributed by atoms with van der Waals surface area (Å²) in [6, 6.07) is 13.0. The summed E-state index contributed by atoms with van der Waals surface area (Å²) in [5.41, 5.74) is 9.51. The van der Waals surface area contributed by atoms with Crippen LogP contribution in [0.4, 0.5) is 11.4 Å². The van der Waals surface area contributed by atoms with Gasteiger partial charge in [0.1, 0.15) is 0 Å². The number of nitrogens with one attached hydrogen (secondary N) is 1. The molecule has 2 aromatic rings. The minimum absolute atomic E-state index is 0.407. The molecule has 1 aliphatic rings. The lowest BCUT2D eigenvalue weighted by Gasteiger charge is -2.34. The Bertz CT molecular complexity index is 1130. The number of anilines is 1. The highest BCUT2D eigenvalue weighted by Gasteiger charge is 2.37. The summed E-state index contributed by atoms with van der Waals surface area (Å²) < 4.78 is 0. The minimum atomic E-state index is -1.94. The lowest BCUT2D eigenvalue weighted by Crippen LogP contribution is -2.14. The number of hydrogen-bond donors (Lipinski definition) is 1. The van der Waals surface area contributed by atoms with E-state index in [-0.39, 0.29) is 0 Å². The fourth-order valence-corrected chi connectivity index (χ4v) is 9.93. The Morgan fingerprint density at radius 2 is 1.28 bits per heavy atom. The van der Waals surface area contributed by atoms with Crippen LogP contribution in [0.25, 0.3) is 0 Å². The topological polar surface area (TPSA) is 49.1 Å². The van der Waals surface area contributed by atoms with E-state index in [1.165, 1.54) is 34.2 Å². The summed E-state index contributed by atoms with van der Waals surface area (Å²) in [6.07, 6.45) is 3.34. The second-order valence-corrected chi connectivity index (χ2v) is 15.7. The lowest BCUT2D eigenvalue weighted by atomic mass is 9.92. The molecule has 1 N–H and O–H groups in total. The highest BCUT2D eigenvalue weighted by molar-refractivity contribution is 7.71. The van der Waals surface area contributed by atoms with Crippen LogP contribution in [0.15, 0.2) is 62.6 Å². The van der Waals surface area contributed by atoms with Crippen molar-refractivity contribution in [2.45, 2.75) is 112 Å².